The van der Waals surface area contributed by atoms with E-state index in [1.165, 1.54) is 36.4 Å². The normalized spacial score (nSPS) is 29.2. The lowest BCUT2D eigenvalue weighted by molar-refractivity contribution is -0.384. The van der Waals surface area contributed by atoms with Gasteiger partial charge in [0.25, 0.3) is 5.69 Å². The molecule has 3 aromatic carbocycles. The number of phenols is 1. The van der Waals surface area contributed by atoms with Crippen LogP contribution >= 0.6 is 11.6 Å². The summed E-state index contributed by atoms with van der Waals surface area (Å²) in [6.45, 7) is 0.0224. The van der Waals surface area contributed by atoms with Gasteiger partial charge in [0.15, 0.2) is 5.79 Å². The topological polar surface area (TPSA) is 139 Å². The summed E-state index contributed by atoms with van der Waals surface area (Å²) in [5, 5.41) is 33.5. The zero-order valence-electron chi connectivity index (χ0n) is 21.1. The van der Waals surface area contributed by atoms with E-state index in [0.717, 1.165) is 4.90 Å². The smallest absolute Gasteiger partial charge is 0.271 e. The lowest BCUT2D eigenvalue weighted by Crippen LogP contribution is -2.55. The summed E-state index contributed by atoms with van der Waals surface area (Å²) in [7, 11) is 0. The van der Waals surface area contributed by atoms with Crippen molar-refractivity contribution in [3.05, 3.63) is 93.5 Å². The number of amides is 2. The molecule has 6 rings (SSSR count). The zero-order chi connectivity index (χ0) is 28.2. The number of aromatic hydroxyl groups is 1. The van der Waals surface area contributed by atoms with Gasteiger partial charge in [-0.1, -0.05) is 41.9 Å². The van der Waals surface area contributed by atoms with Crippen LogP contribution in [0.3, 0.4) is 0 Å². The molecule has 11 heteroatoms. The number of para-hydroxylation sites is 1. The van der Waals surface area contributed by atoms with Gasteiger partial charge in [-0.15, -0.1) is 0 Å². The van der Waals surface area contributed by atoms with Crippen molar-refractivity contribution in [3.63, 3.8) is 0 Å². The number of ether oxygens (including phenoxy) is 2. The summed E-state index contributed by atoms with van der Waals surface area (Å²) in [5.74, 6) is -5.45. The summed E-state index contributed by atoms with van der Waals surface area (Å²) in [6.07, 6.45) is -0.418. The second kappa shape index (κ2) is 9.88. The molecular formula is C29H25ClN2O8. The number of rotatable bonds is 6. The van der Waals surface area contributed by atoms with Crippen molar-refractivity contribution in [1.82, 2.24) is 0 Å². The third-order valence-electron chi connectivity index (χ3n) is 8.19. The van der Waals surface area contributed by atoms with Crippen LogP contribution in [-0.2, 0) is 14.3 Å². The lowest BCUT2D eigenvalue weighted by Gasteiger charge is -2.44. The van der Waals surface area contributed by atoms with E-state index in [1.807, 2.05) is 18.2 Å². The van der Waals surface area contributed by atoms with Crippen molar-refractivity contribution in [3.8, 4) is 11.5 Å². The zero-order valence-corrected chi connectivity index (χ0v) is 21.8. The van der Waals surface area contributed by atoms with Crippen LogP contribution in [-0.4, -0.2) is 39.3 Å². The quantitative estimate of drug-likeness (QED) is 0.251. The minimum Gasteiger partial charge on any atom is -0.508 e. The number of imide groups is 1. The number of benzene rings is 3. The van der Waals surface area contributed by atoms with E-state index in [2.05, 4.69) is 0 Å². The molecule has 2 heterocycles. The minimum atomic E-state index is -1.82. The highest BCUT2D eigenvalue weighted by atomic mass is 35.5. The van der Waals surface area contributed by atoms with Crippen LogP contribution in [0.15, 0.2) is 72.8 Å². The van der Waals surface area contributed by atoms with Gasteiger partial charge in [0.1, 0.15) is 11.5 Å². The largest absolute Gasteiger partial charge is 0.508 e. The van der Waals surface area contributed by atoms with Crippen LogP contribution in [0.2, 0.25) is 5.02 Å². The number of nitrogens with zero attached hydrogens (tertiary/aromatic N) is 2. The maximum absolute atomic E-state index is 13.8. The summed E-state index contributed by atoms with van der Waals surface area (Å²) < 4.78 is 12.3. The molecule has 2 aliphatic heterocycles. The molecule has 3 fully saturated rings. The number of phenolic OH excluding ortho intramolecular Hbond substituents is 1. The van der Waals surface area contributed by atoms with Gasteiger partial charge < -0.3 is 19.7 Å². The van der Waals surface area contributed by atoms with Crippen molar-refractivity contribution in [2.75, 3.05) is 11.5 Å². The Bertz CT molecular complexity index is 1500. The Morgan fingerprint density at radius 1 is 1.05 bits per heavy atom. The molecule has 2 amide bonds. The molecule has 1 saturated carbocycles. The number of carbonyl (C=O) groups is 2. The van der Waals surface area contributed by atoms with Crippen molar-refractivity contribution < 1.29 is 34.2 Å². The summed E-state index contributed by atoms with van der Waals surface area (Å²) in [4.78, 5) is 39.3. The monoisotopic (exact) mass is 564 g/mol. The first kappa shape index (κ1) is 26.2. The van der Waals surface area contributed by atoms with Gasteiger partial charge in [-0.2, -0.15) is 0 Å². The number of anilines is 1. The molecular weight excluding hydrogens is 540 g/mol. The molecule has 0 bridgehead atoms. The highest BCUT2D eigenvalue weighted by Crippen LogP contribution is 2.59. The van der Waals surface area contributed by atoms with Gasteiger partial charge in [0, 0.05) is 24.0 Å². The second-order valence-corrected chi connectivity index (χ2v) is 10.8. The molecule has 0 unspecified atom stereocenters. The fourth-order valence-electron chi connectivity index (χ4n) is 6.36. The Morgan fingerprint density at radius 2 is 1.82 bits per heavy atom. The maximum atomic E-state index is 13.8. The Kier molecular flexibility index (Phi) is 6.48. The van der Waals surface area contributed by atoms with Crippen LogP contribution in [0.25, 0.3) is 0 Å². The fraction of sp³-hybridized carbons (Fsp3) is 0.310. The number of aliphatic hydroxyl groups is 1. The molecule has 2 saturated heterocycles. The molecule has 206 valence electrons. The third kappa shape index (κ3) is 4.28. The molecule has 3 aliphatic rings. The number of fused-ring (bicyclic) bond motifs is 3. The first-order chi connectivity index (χ1) is 19.2. The van der Waals surface area contributed by atoms with Crippen LogP contribution in [0.4, 0.5) is 11.4 Å². The first-order valence-electron chi connectivity index (χ1n) is 12.9. The van der Waals surface area contributed by atoms with Gasteiger partial charge >= 0.3 is 0 Å². The molecule has 3 aromatic rings. The van der Waals surface area contributed by atoms with Gasteiger partial charge in [0.2, 0.25) is 11.8 Å². The van der Waals surface area contributed by atoms with Crippen LogP contribution in [0.5, 0.6) is 11.5 Å². The van der Waals surface area contributed by atoms with E-state index in [4.69, 9.17) is 21.1 Å². The summed E-state index contributed by atoms with van der Waals surface area (Å²) in [5.41, 5.74) is 0.398. The summed E-state index contributed by atoms with van der Waals surface area (Å²) in [6, 6.07) is 18.8. The fourth-order valence-corrected chi connectivity index (χ4v) is 6.66. The third-order valence-corrected chi connectivity index (χ3v) is 8.52. The predicted octanol–water partition coefficient (Wildman–Crippen LogP) is 4.62. The lowest BCUT2D eigenvalue weighted by atomic mass is 9.64. The molecule has 1 aliphatic carbocycles. The highest BCUT2D eigenvalue weighted by Gasteiger charge is 2.67. The number of nitro groups is 1. The Labute approximate surface area is 233 Å². The van der Waals surface area contributed by atoms with Gasteiger partial charge in [-0.3, -0.25) is 19.7 Å². The summed E-state index contributed by atoms with van der Waals surface area (Å²) >= 11 is 6.41. The number of hydrogen-bond acceptors (Lipinski definition) is 8. The van der Waals surface area contributed by atoms with Crippen molar-refractivity contribution >= 4 is 34.8 Å². The van der Waals surface area contributed by atoms with E-state index in [0.29, 0.717) is 11.3 Å². The molecule has 10 nitrogen and oxygen atoms in total. The molecule has 2 N–H and O–H groups in total. The number of halogens is 1. The average molecular weight is 565 g/mol. The van der Waals surface area contributed by atoms with Crippen LogP contribution < -0.4 is 9.64 Å². The van der Waals surface area contributed by atoms with Gasteiger partial charge in [-0.25, -0.2) is 4.90 Å². The maximum Gasteiger partial charge on any atom is 0.271 e. The van der Waals surface area contributed by atoms with E-state index < -0.39 is 52.3 Å². The standard InChI is InChI=1S/C29H25ClN2O8/c30-24-13-19(33)9-10-21(24)25-14-23-26-22(11-16(29(23,36)40-25)15-39-20-7-2-1-3-8-20)27(34)31(28(26)35)17-5-4-6-18(12-17)32(37)38/h1-10,12-13,16,22-23,25-26,33,36H,11,14-15H2/t16-,22+,23+,25+,26+,29-/m1/s1. The van der Waals surface area contributed by atoms with Gasteiger partial charge in [0.05, 0.1) is 40.2 Å². The van der Waals surface area contributed by atoms with Crippen molar-refractivity contribution in [1.29, 1.82) is 0 Å². The van der Waals surface area contributed by atoms with E-state index in [9.17, 15) is 29.9 Å². The Hall–Kier alpha value is -3.99. The van der Waals surface area contributed by atoms with E-state index in [-0.39, 0.29) is 41.6 Å². The number of carbonyl (C=O) groups excluding carboxylic acids is 2. The van der Waals surface area contributed by atoms with E-state index in [1.54, 1.807) is 18.2 Å². The highest BCUT2D eigenvalue weighted by molar-refractivity contribution is 6.31. The first-order valence-corrected chi connectivity index (χ1v) is 13.2. The number of hydrogen-bond donors (Lipinski definition) is 2. The predicted molar refractivity (Wildman–Crippen MR) is 143 cm³/mol. The molecule has 0 aromatic heterocycles. The number of non-ortho nitro benzene ring substituents is 1. The number of nitro benzene ring substituents is 1. The van der Waals surface area contributed by atoms with Crippen LogP contribution in [0, 0.1) is 33.8 Å². The molecule has 6 atom stereocenters. The van der Waals surface area contributed by atoms with Crippen molar-refractivity contribution in [2.45, 2.75) is 24.7 Å². The molecule has 0 spiro atoms. The van der Waals surface area contributed by atoms with Gasteiger partial charge in [-0.05, 0) is 48.7 Å². The van der Waals surface area contributed by atoms with Crippen molar-refractivity contribution in [2.24, 2.45) is 23.7 Å². The average Bonchev–Trinajstić information content (AvgIpc) is 3.41. The SMILES string of the molecule is O=C1[C@H]2[C@H](C[C@H](COc3ccccc3)[C@@]3(O)O[C@H](c4ccc(O)cc4Cl)C[C@@H]23)C(=O)N1c1cccc([N+](=O)[O-])c1. The molecule has 0 radical (unpaired) electrons. The Morgan fingerprint density at radius 3 is 2.55 bits per heavy atom. The van der Waals surface area contributed by atoms with E-state index >= 15 is 0 Å². The molecule has 40 heavy (non-hydrogen) atoms. The second-order valence-electron chi connectivity index (χ2n) is 10.4. The van der Waals surface area contributed by atoms with Crippen LogP contribution in [0.1, 0.15) is 24.5 Å². The Balaban J connectivity index is 1.37. The minimum absolute atomic E-state index is 0.0224.